The van der Waals surface area contributed by atoms with Gasteiger partial charge in [-0.3, -0.25) is 0 Å². The SMILES string of the molecule is C=C1/C=C\C=C/CN(c2nc(-c3ccccc3)nc(-c3ccc(-c4ccccc4)cc3)n2)c2c1cccc2-c1ccc(-c2ccccc2)cc1. The summed E-state index contributed by atoms with van der Waals surface area (Å²) in [5, 5.41) is 0. The number of fused-ring (bicyclic) bond motifs is 1. The number of anilines is 2. The van der Waals surface area contributed by atoms with Crippen molar-refractivity contribution in [2.75, 3.05) is 11.4 Å². The molecule has 0 unspecified atom stereocenters. The van der Waals surface area contributed by atoms with E-state index in [0.29, 0.717) is 24.1 Å². The van der Waals surface area contributed by atoms with Crippen LogP contribution >= 0.6 is 0 Å². The van der Waals surface area contributed by atoms with Crippen molar-refractivity contribution in [3.63, 3.8) is 0 Å². The molecule has 4 nitrogen and oxygen atoms in total. The van der Waals surface area contributed by atoms with E-state index in [0.717, 1.165) is 44.6 Å². The van der Waals surface area contributed by atoms with Crippen molar-refractivity contribution in [1.29, 1.82) is 0 Å². The second-order valence-electron chi connectivity index (χ2n) is 12.2. The zero-order chi connectivity index (χ0) is 33.7. The highest BCUT2D eigenvalue weighted by Crippen LogP contribution is 2.41. The Morgan fingerprint density at radius 1 is 0.420 bits per heavy atom. The smallest absolute Gasteiger partial charge is 0.234 e. The fourth-order valence-corrected chi connectivity index (χ4v) is 6.35. The van der Waals surface area contributed by atoms with Crippen molar-refractivity contribution in [1.82, 2.24) is 15.0 Å². The lowest BCUT2D eigenvalue weighted by Gasteiger charge is -2.27. The lowest BCUT2D eigenvalue weighted by atomic mass is 9.94. The van der Waals surface area contributed by atoms with Gasteiger partial charge in [-0.2, -0.15) is 9.97 Å². The molecule has 6 aromatic carbocycles. The van der Waals surface area contributed by atoms with E-state index in [4.69, 9.17) is 15.0 Å². The number of hydrogen-bond donors (Lipinski definition) is 0. The van der Waals surface area contributed by atoms with Crippen molar-refractivity contribution in [3.8, 4) is 56.2 Å². The molecule has 7 aromatic rings. The summed E-state index contributed by atoms with van der Waals surface area (Å²) in [6, 6.07) is 54.6. The predicted octanol–water partition coefficient (Wildman–Crippen LogP) is 11.5. The van der Waals surface area contributed by atoms with Crippen LogP contribution in [-0.2, 0) is 0 Å². The number of benzene rings is 6. The Morgan fingerprint density at radius 3 is 1.46 bits per heavy atom. The third-order valence-electron chi connectivity index (χ3n) is 8.93. The van der Waals surface area contributed by atoms with E-state index in [-0.39, 0.29) is 0 Å². The Kier molecular flexibility index (Phi) is 8.49. The molecule has 8 rings (SSSR count). The maximum Gasteiger partial charge on any atom is 0.234 e. The molecule has 238 valence electrons. The van der Waals surface area contributed by atoms with Gasteiger partial charge in [-0.25, -0.2) is 4.98 Å². The van der Waals surface area contributed by atoms with Crippen LogP contribution in [0.2, 0.25) is 0 Å². The highest BCUT2D eigenvalue weighted by Gasteiger charge is 2.23. The van der Waals surface area contributed by atoms with Gasteiger partial charge in [0.2, 0.25) is 5.95 Å². The van der Waals surface area contributed by atoms with E-state index in [1.165, 1.54) is 16.7 Å². The summed E-state index contributed by atoms with van der Waals surface area (Å²) in [5.41, 5.74) is 11.6. The molecule has 0 amide bonds. The van der Waals surface area contributed by atoms with Gasteiger partial charge in [0.1, 0.15) is 0 Å². The quantitative estimate of drug-likeness (QED) is 0.181. The molecule has 4 heteroatoms. The molecule has 0 saturated heterocycles. The monoisotopic (exact) mass is 642 g/mol. The Bertz CT molecular complexity index is 2330. The van der Waals surface area contributed by atoms with E-state index < -0.39 is 0 Å². The summed E-state index contributed by atoms with van der Waals surface area (Å²) in [5.74, 6) is 1.79. The number of rotatable bonds is 6. The summed E-state index contributed by atoms with van der Waals surface area (Å²) in [6.07, 6.45) is 8.29. The number of nitrogens with zero attached hydrogens (tertiary/aromatic N) is 4. The molecule has 50 heavy (non-hydrogen) atoms. The fourth-order valence-electron chi connectivity index (χ4n) is 6.35. The first-order chi connectivity index (χ1) is 24.7. The molecule has 0 bridgehead atoms. The van der Waals surface area contributed by atoms with Gasteiger partial charge in [-0.05, 0) is 33.4 Å². The molecule has 0 fully saturated rings. The Hall–Kier alpha value is -6.65. The largest absolute Gasteiger partial charge is 0.305 e. The van der Waals surface area contributed by atoms with Crippen molar-refractivity contribution >= 4 is 17.2 Å². The predicted molar refractivity (Wildman–Crippen MR) is 208 cm³/mol. The van der Waals surface area contributed by atoms with Crippen LogP contribution in [0.5, 0.6) is 0 Å². The second kappa shape index (κ2) is 13.8. The number of hydrogen-bond acceptors (Lipinski definition) is 4. The molecular formula is C46H34N4. The fraction of sp³-hybridized carbons (Fsp3) is 0.0217. The summed E-state index contributed by atoms with van der Waals surface area (Å²) >= 11 is 0. The van der Waals surface area contributed by atoms with Crippen LogP contribution in [0.4, 0.5) is 11.6 Å². The lowest BCUT2D eigenvalue weighted by Crippen LogP contribution is -2.22. The minimum absolute atomic E-state index is 0.550. The van der Waals surface area contributed by atoms with Gasteiger partial charge in [0.15, 0.2) is 11.6 Å². The van der Waals surface area contributed by atoms with E-state index in [1.54, 1.807) is 0 Å². The zero-order valence-corrected chi connectivity index (χ0v) is 27.5. The molecule has 1 aromatic heterocycles. The first-order valence-corrected chi connectivity index (χ1v) is 16.8. The Balaban J connectivity index is 1.29. The summed E-state index contributed by atoms with van der Waals surface area (Å²) in [6.45, 7) is 5.03. The maximum absolute atomic E-state index is 5.19. The maximum atomic E-state index is 5.19. The average molecular weight is 643 g/mol. The van der Waals surface area contributed by atoms with E-state index in [9.17, 15) is 0 Å². The first-order valence-electron chi connectivity index (χ1n) is 16.8. The highest BCUT2D eigenvalue weighted by molar-refractivity contribution is 5.93. The van der Waals surface area contributed by atoms with Gasteiger partial charge >= 0.3 is 0 Å². The number of para-hydroxylation sites is 1. The van der Waals surface area contributed by atoms with Crippen LogP contribution in [-0.4, -0.2) is 21.5 Å². The van der Waals surface area contributed by atoms with E-state index in [1.807, 2.05) is 48.5 Å². The lowest BCUT2D eigenvalue weighted by molar-refractivity contribution is 0.960. The summed E-state index contributed by atoms with van der Waals surface area (Å²) in [7, 11) is 0. The minimum atomic E-state index is 0.550. The minimum Gasteiger partial charge on any atom is -0.305 e. The van der Waals surface area contributed by atoms with Crippen LogP contribution in [0.15, 0.2) is 189 Å². The van der Waals surface area contributed by atoms with Crippen LogP contribution in [0, 0.1) is 0 Å². The van der Waals surface area contributed by atoms with E-state index in [2.05, 4.69) is 145 Å². The van der Waals surface area contributed by atoms with Crippen molar-refractivity contribution in [2.45, 2.75) is 0 Å². The summed E-state index contributed by atoms with van der Waals surface area (Å²) in [4.78, 5) is 17.6. The van der Waals surface area contributed by atoms with Gasteiger partial charge in [-0.1, -0.05) is 189 Å². The molecule has 0 spiro atoms. The highest BCUT2D eigenvalue weighted by atomic mass is 15.3. The summed E-state index contributed by atoms with van der Waals surface area (Å²) < 4.78 is 0. The van der Waals surface area contributed by atoms with Gasteiger partial charge in [0, 0.05) is 28.8 Å². The van der Waals surface area contributed by atoms with Gasteiger partial charge in [0.05, 0.1) is 5.69 Å². The molecule has 0 saturated carbocycles. The Labute approximate surface area is 293 Å². The molecule has 0 radical (unpaired) electrons. The van der Waals surface area contributed by atoms with E-state index >= 15 is 0 Å². The van der Waals surface area contributed by atoms with Gasteiger partial charge in [-0.15, -0.1) is 0 Å². The van der Waals surface area contributed by atoms with Crippen LogP contribution in [0.25, 0.3) is 61.7 Å². The van der Waals surface area contributed by atoms with Crippen molar-refractivity contribution < 1.29 is 0 Å². The third-order valence-corrected chi connectivity index (χ3v) is 8.93. The topological polar surface area (TPSA) is 41.9 Å². The molecule has 0 aliphatic carbocycles. The normalized spacial score (nSPS) is 13.8. The number of allylic oxidation sites excluding steroid dienone is 4. The second-order valence-corrected chi connectivity index (χ2v) is 12.2. The molecule has 0 N–H and O–H groups in total. The van der Waals surface area contributed by atoms with Crippen LogP contribution in [0.1, 0.15) is 5.56 Å². The molecule has 0 atom stereocenters. The van der Waals surface area contributed by atoms with Crippen molar-refractivity contribution in [3.05, 3.63) is 194 Å². The number of aromatic nitrogens is 3. The Morgan fingerprint density at radius 2 is 0.880 bits per heavy atom. The molecular weight excluding hydrogens is 609 g/mol. The molecule has 2 heterocycles. The van der Waals surface area contributed by atoms with Gasteiger partial charge in [0.25, 0.3) is 0 Å². The van der Waals surface area contributed by atoms with Crippen molar-refractivity contribution in [2.24, 2.45) is 0 Å². The first kappa shape index (κ1) is 30.7. The van der Waals surface area contributed by atoms with Crippen LogP contribution in [0.3, 0.4) is 0 Å². The molecule has 1 aliphatic rings. The van der Waals surface area contributed by atoms with Gasteiger partial charge < -0.3 is 4.90 Å². The standard InChI is InChI=1S/C46H34N4/c1-33-15-6-5-13-32-50(43-41(33)22-14-23-42(43)38-28-24-36(25-29-38)34-16-7-2-8-17-34)46-48-44(39-20-11-4-12-21-39)47-45(49-46)40-30-26-37(27-31-40)35-18-9-3-10-19-35/h2-31H,1,32H2/b13-5-,15-6-. The average Bonchev–Trinajstić information content (AvgIpc) is 3.28. The third kappa shape index (κ3) is 6.30. The van der Waals surface area contributed by atoms with Crippen LogP contribution < -0.4 is 4.90 Å². The molecule has 1 aliphatic heterocycles. The zero-order valence-electron chi connectivity index (χ0n) is 27.5.